The molecule has 1 atom stereocenters. The van der Waals surface area contributed by atoms with Gasteiger partial charge in [-0.25, -0.2) is 0 Å². The highest BCUT2D eigenvalue weighted by Crippen LogP contribution is 2.17. The molecule has 3 heteroatoms. The van der Waals surface area contributed by atoms with Crippen molar-refractivity contribution in [1.82, 2.24) is 5.32 Å². The fourth-order valence-corrected chi connectivity index (χ4v) is 2.05. The summed E-state index contributed by atoms with van der Waals surface area (Å²) in [5.41, 5.74) is 2.11. The van der Waals surface area contributed by atoms with E-state index in [0.717, 1.165) is 16.1 Å². The lowest BCUT2D eigenvalue weighted by atomic mass is 10.1. The summed E-state index contributed by atoms with van der Waals surface area (Å²) in [5.74, 6) is 0. The van der Waals surface area contributed by atoms with Gasteiger partial charge < -0.3 is 10.4 Å². The van der Waals surface area contributed by atoms with Crippen LogP contribution in [0.5, 0.6) is 0 Å². The second kappa shape index (κ2) is 6.55. The van der Waals surface area contributed by atoms with Gasteiger partial charge in [-0.15, -0.1) is 0 Å². The van der Waals surface area contributed by atoms with E-state index in [1.165, 1.54) is 0 Å². The van der Waals surface area contributed by atoms with Crippen molar-refractivity contribution in [2.75, 3.05) is 6.61 Å². The van der Waals surface area contributed by atoms with Crippen molar-refractivity contribution < 1.29 is 5.11 Å². The summed E-state index contributed by atoms with van der Waals surface area (Å²) in [4.78, 5) is 0. The Morgan fingerprint density at radius 1 is 1.00 bits per heavy atom. The smallest absolute Gasteiger partial charge is 0.0626 e. The highest BCUT2D eigenvalue weighted by molar-refractivity contribution is 6.31. The van der Waals surface area contributed by atoms with Crippen molar-refractivity contribution in [2.24, 2.45) is 0 Å². The van der Waals surface area contributed by atoms with E-state index in [9.17, 15) is 5.11 Å². The van der Waals surface area contributed by atoms with Gasteiger partial charge in [0.05, 0.1) is 12.6 Å². The summed E-state index contributed by atoms with van der Waals surface area (Å²) in [6.45, 7) is 0.703. The number of nitrogens with one attached hydrogen (secondary N) is 1. The molecule has 94 valence electrons. The van der Waals surface area contributed by atoms with Gasteiger partial charge in [0.25, 0.3) is 0 Å². The van der Waals surface area contributed by atoms with Gasteiger partial charge in [-0.1, -0.05) is 60.1 Å². The highest BCUT2D eigenvalue weighted by atomic mass is 35.5. The Morgan fingerprint density at radius 3 is 2.33 bits per heavy atom. The summed E-state index contributed by atoms with van der Waals surface area (Å²) in [5, 5.41) is 13.5. The molecule has 2 nitrogen and oxygen atoms in total. The number of rotatable bonds is 5. The standard InChI is InChI=1S/C15H16ClNO/c16-14-9-5-4-8-13(14)10-17-15(11-18)12-6-2-1-3-7-12/h1-9,15,17-18H,10-11H2. The van der Waals surface area contributed by atoms with Gasteiger partial charge in [-0.2, -0.15) is 0 Å². The first-order chi connectivity index (χ1) is 8.81. The molecule has 0 bridgehead atoms. The zero-order valence-corrected chi connectivity index (χ0v) is 10.8. The van der Waals surface area contributed by atoms with Crippen LogP contribution in [0.25, 0.3) is 0 Å². The number of hydrogen-bond donors (Lipinski definition) is 2. The minimum atomic E-state index is -0.0672. The molecule has 0 aliphatic rings. The first-order valence-corrected chi connectivity index (χ1v) is 6.31. The lowest BCUT2D eigenvalue weighted by Gasteiger charge is -2.17. The maximum Gasteiger partial charge on any atom is 0.0626 e. The van der Waals surface area contributed by atoms with E-state index in [1.807, 2.05) is 54.6 Å². The first-order valence-electron chi connectivity index (χ1n) is 5.94. The maximum absolute atomic E-state index is 9.43. The third-order valence-electron chi connectivity index (χ3n) is 2.88. The van der Waals surface area contributed by atoms with Crippen molar-refractivity contribution in [3.05, 3.63) is 70.7 Å². The largest absolute Gasteiger partial charge is 0.394 e. The monoisotopic (exact) mass is 261 g/mol. The Labute approximate surface area is 112 Å². The summed E-state index contributed by atoms with van der Waals surface area (Å²) in [7, 11) is 0. The van der Waals surface area contributed by atoms with Crippen molar-refractivity contribution in [3.8, 4) is 0 Å². The Bertz CT molecular complexity index is 487. The molecule has 0 aliphatic heterocycles. The summed E-state index contributed by atoms with van der Waals surface area (Å²) in [6, 6.07) is 17.6. The van der Waals surface area contributed by atoms with Crippen LogP contribution in [-0.4, -0.2) is 11.7 Å². The number of aliphatic hydroxyl groups excluding tert-OH is 1. The molecule has 1 unspecified atom stereocenters. The third-order valence-corrected chi connectivity index (χ3v) is 3.25. The highest BCUT2D eigenvalue weighted by Gasteiger charge is 2.09. The summed E-state index contributed by atoms with van der Waals surface area (Å²) < 4.78 is 0. The molecule has 2 rings (SSSR count). The van der Waals surface area contributed by atoms with Crippen LogP contribution in [0, 0.1) is 0 Å². The average Bonchev–Trinajstić information content (AvgIpc) is 2.42. The number of aliphatic hydroxyl groups is 1. The van der Waals surface area contributed by atoms with Crippen LogP contribution >= 0.6 is 11.6 Å². The van der Waals surface area contributed by atoms with Gasteiger partial charge in [0.15, 0.2) is 0 Å². The zero-order chi connectivity index (χ0) is 12.8. The van der Waals surface area contributed by atoms with E-state index in [2.05, 4.69) is 5.32 Å². The van der Waals surface area contributed by atoms with Crippen LogP contribution in [0.4, 0.5) is 0 Å². The summed E-state index contributed by atoms with van der Waals surface area (Å²) >= 11 is 6.09. The first kappa shape index (κ1) is 13.1. The molecule has 18 heavy (non-hydrogen) atoms. The fourth-order valence-electron chi connectivity index (χ4n) is 1.85. The molecular weight excluding hydrogens is 246 g/mol. The minimum absolute atomic E-state index is 0.0640. The zero-order valence-electron chi connectivity index (χ0n) is 10.0. The molecule has 0 spiro atoms. The van der Waals surface area contributed by atoms with E-state index < -0.39 is 0 Å². The molecular formula is C15H16ClNO. The second-order valence-corrected chi connectivity index (χ2v) is 4.53. The van der Waals surface area contributed by atoms with E-state index in [-0.39, 0.29) is 12.6 Å². The van der Waals surface area contributed by atoms with Gasteiger partial charge in [0.1, 0.15) is 0 Å². The van der Waals surface area contributed by atoms with Gasteiger partial charge in [0.2, 0.25) is 0 Å². The molecule has 2 aromatic carbocycles. The predicted octanol–water partition coefficient (Wildman–Crippen LogP) is 3.16. The second-order valence-electron chi connectivity index (χ2n) is 4.12. The van der Waals surface area contributed by atoms with Crippen molar-refractivity contribution in [1.29, 1.82) is 0 Å². The molecule has 0 aliphatic carbocycles. The Kier molecular flexibility index (Phi) is 4.76. The van der Waals surface area contributed by atoms with Crippen LogP contribution in [-0.2, 0) is 6.54 Å². The number of benzene rings is 2. The topological polar surface area (TPSA) is 32.3 Å². The van der Waals surface area contributed by atoms with E-state index in [0.29, 0.717) is 6.54 Å². The van der Waals surface area contributed by atoms with Gasteiger partial charge in [-0.05, 0) is 17.2 Å². The van der Waals surface area contributed by atoms with E-state index >= 15 is 0 Å². The van der Waals surface area contributed by atoms with Crippen LogP contribution < -0.4 is 5.32 Å². The minimum Gasteiger partial charge on any atom is -0.394 e. The van der Waals surface area contributed by atoms with Crippen molar-refractivity contribution in [2.45, 2.75) is 12.6 Å². The van der Waals surface area contributed by atoms with Crippen LogP contribution in [0.3, 0.4) is 0 Å². The Hall–Kier alpha value is -1.35. The molecule has 0 heterocycles. The van der Waals surface area contributed by atoms with Gasteiger partial charge in [-0.3, -0.25) is 0 Å². The SMILES string of the molecule is OCC(NCc1ccccc1Cl)c1ccccc1. The van der Waals surface area contributed by atoms with E-state index in [1.54, 1.807) is 0 Å². The lowest BCUT2D eigenvalue weighted by molar-refractivity contribution is 0.243. The summed E-state index contributed by atoms with van der Waals surface area (Å²) in [6.07, 6.45) is 0. The van der Waals surface area contributed by atoms with Crippen molar-refractivity contribution in [3.63, 3.8) is 0 Å². The number of hydrogen-bond acceptors (Lipinski definition) is 2. The molecule has 0 saturated carbocycles. The molecule has 2 N–H and O–H groups in total. The Morgan fingerprint density at radius 2 is 1.67 bits per heavy atom. The van der Waals surface area contributed by atoms with Crippen LogP contribution in [0.15, 0.2) is 54.6 Å². The normalized spacial score (nSPS) is 12.3. The molecule has 0 aromatic heterocycles. The molecule has 0 fully saturated rings. The maximum atomic E-state index is 9.43. The fraction of sp³-hybridized carbons (Fsp3) is 0.200. The molecule has 0 amide bonds. The van der Waals surface area contributed by atoms with Crippen LogP contribution in [0.1, 0.15) is 17.2 Å². The lowest BCUT2D eigenvalue weighted by Crippen LogP contribution is -2.24. The Balaban J connectivity index is 2.02. The molecule has 2 aromatic rings. The average molecular weight is 262 g/mol. The van der Waals surface area contributed by atoms with Gasteiger partial charge >= 0.3 is 0 Å². The predicted molar refractivity (Wildman–Crippen MR) is 74.6 cm³/mol. The van der Waals surface area contributed by atoms with E-state index in [4.69, 9.17) is 11.6 Å². The third kappa shape index (κ3) is 3.33. The quantitative estimate of drug-likeness (QED) is 0.867. The molecule has 0 saturated heterocycles. The van der Waals surface area contributed by atoms with Crippen molar-refractivity contribution >= 4 is 11.6 Å². The number of halogens is 1. The van der Waals surface area contributed by atoms with Crippen LogP contribution in [0.2, 0.25) is 5.02 Å². The molecule has 0 radical (unpaired) electrons. The van der Waals surface area contributed by atoms with Gasteiger partial charge in [0, 0.05) is 11.6 Å².